The molecule has 0 unspecified atom stereocenters. The Labute approximate surface area is 206 Å². The molecule has 0 saturated carbocycles. The second-order valence-corrected chi connectivity index (χ2v) is 9.78. The smallest absolute Gasteiger partial charge is 0.320 e. The van der Waals surface area contributed by atoms with Crippen LogP contribution in [0, 0.1) is 25.7 Å². The number of cyclic esters (lactones) is 2. The minimum absolute atomic E-state index is 0.239. The topological polar surface area (TPSA) is 80.8 Å². The molecule has 0 bridgehead atoms. The number of fused-ring (bicyclic) bond motifs is 3. The third kappa shape index (κ3) is 2.71. The SMILES string of the molecule is Cc1ccc([C@H]2[C@H]3C(=O)OC(=O)[C@@H]3C3(C(=O)c4ccccc4C3=O)N2c2ccc(Cl)c(C)c2)cc1. The molecule has 7 heteroatoms. The molecule has 6 rings (SSSR count). The molecule has 0 amide bonds. The summed E-state index contributed by atoms with van der Waals surface area (Å²) in [6, 6.07) is 18.5. The number of halogens is 1. The zero-order valence-corrected chi connectivity index (χ0v) is 19.7. The summed E-state index contributed by atoms with van der Waals surface area (Å²) in [7, 11) is 0. The van der Waals surface area contributed by atoms with Crippen molar-refractivity contribution in [1.29, 1.82) is 0 Å². The lowest BCUT2D eigenvalue weighted by molar-refractivity contribution is -0.154. The molecule has 1 spiro atoms. The highest BCUT2D eigenvalue weighted by Crippen LogP contribution is 2.60. The standard InChI is InChI=1S/C28H20ClNO5/c1-14-7-9-16(10-8-14)23-21-22(27(34)35-26(21)33)28(30(23)17-11-12-20(29)15(2)13-17)24(31)18-5-3-4-6-19(18)25(28)32/h3-13,21-23H,1-2H3/t21-,22+,23-/m0/s1. The molecule has 2 saturated heterocycles. The van der Waals surface area contributed by atoms with Gasteiger partial charge in [0.25, 0.3) is 0 Å². The predicted molar refractivity (Wildman–Crippen MR) is 129 cm³/mol. The van der Waals surface area contributed by atoms with Crippen molar-refractivity contribution in [1.82, 2.24) is 0 Å². The fourth-order valence-electron chi connectivity index (χ4n) is 5.94. The van der Waals surface area contributed by atoms with Crippen LogP contribution >= 0.6 is 11.6 Å². The highest BCUT2D eigenvalue weighted by Gasteiger charge is 2.76. The van der Waals surface area contributed by atoms with Crippen LogP contribution in [0.3, 0.4) is 0 Å². The summed E-state index contributed by atoms with van der Waals surface area (Å²) in [4.78, 5) is 56.4. The zero-order chi connectivity index (χ0) is 24.6. The van der Waals surface area contributed by atoms with Gasteiger partial charge in [0.05, 0.1) is 12.0 Å². The second-order valence-electron chi connectivity index (χ2n) is 9.37. The number of ketones is 2. The Balaban J connectivity index is 1.69. The maximum absolute atomic E-state index is 14.2. The van der Waals surface area contributed by atoms with Gasteiger partial charge in [-0.2, -0.15) is 0 Å². The molecule has 3 atom stereocenters. The number of Topliss-reactive ketones (excluding diaryl/α,β-unsaturated/α-hetero) is 2. The molecule has 3 aromatic rings. The summed E-state index contributed by atoms with van der Waals surface area (Å²) in [6.45, 7) is 3.76. The number of ether oxygens (including phenoxy) is 1. The summed E-state index contributed by atoms with van der Waals surface area (Å²) in [6.07, 6.45) is 0. The van der Waals surface area contributed by atoms with E-state index in [9.17, 15) is 19.2 Å². The molecule has 3 aromatic carbocycles. The molecule has 3 aliphatic rings. The first kappa shape index (κ1) is 21.7. The van der Waals surface area contributed by atoms with Crippen molar-refractivity contribution < 1.29 is 23.9 Å². The fraction of sp³-hybridized carbons (Fsp3) is 0.214. The van der Waals surface area contributed by atoms with Crippen molar-refractivity contribution in [2.75, 3.05) is 4.90 Å². The number of rotatable bonds is 2. The number of aryl methyl sites for hydroxylation is 2. The minimum Gasteiger partial charge on any atom is -0.393 e. The first-order valence-corrected chi connectivity index (χ1v) is 11.7. The van der Waals surface area contributed by atoms with Crippen LogP contribution in [0.2, 0.25) is 5.02 Å². The number of benzene rings is 3. The number of hydrogen-bond acceptors (Lipinski definition) is 6. The third-order valence-electron chi connectivity index (χ3n) is 7.48. The van der Waals surface area contributed by atoms with E-state index in [4.69, 9.17) is 16.3 Å². The number of carbonyl (C=O) groups excluding carboxylic acids is 4. The average Bonchev–Trinajstić information content (AvgIpc) is 3.40. The second kappa shape index (κ2) is 7.36. The third-order valence-corrected chi connectivity index (χ3v) is 7.91. The monoisotopic (exact) mass is 485 g/mol. The van der Waals surface area contributed by atoms with Gasteiger partial charge in [-0.05, 0) is 43.2 Å². The maximum Gasteiger partial charge on any atom is 0.320 e. The number of anilines is 1. The molecule has 6 nitrogen and oxygen atoms in total. The Morgan fingerprint density at radius 1 is 0.829 bits per heavy atom. The first-order chi connectivity index (χ1) is 16.8. The van der Waals surface area contributed by atoms with E-state index in [1.807, 2.05) is 38.1 Å². The highest BCUT2D eigenvalue weighted by molar-refractivity contribution is 6.37. The molecule has 2 fully saturated rings. The Morgan fingerprint density at radius 2 is 1.46 bits per heavy atom. The molecule has 0 N–H and O–H groups in total. The van der Waals surface area contributed by atoms with Gasteiger partial charge < -0.3 is 9.64 Å². The summed E-state index contributed by atoms with van der Waals surface area (Å²) in [5, 5.41) is 0.525. The predicted octanol–water partition coefficient (Wildman–Crippen LogP) is 4.65. The maximum atomic E-state index is 14.2. The fourth-order valence-corrected chi connectivity index (χ4v) is 6.06. The normalized spacial score (nSPS) is 24.2. The van der Waals surface area contributed by atoms with Crippen LogP contribution in [0.1, 0.15) is 43.4 Å². The molecule has 1 aliphatic carbocycles. The summed E-state index contributed by atoms with van der Waals surface area (Å²) in [5.41, 5.74) is 1.53. The van der Waals surface area contributed by atoms with Gasteiger partial charge in [0, 0.05) is 21.8 Å². The average molecular weight is 486 g/mol. The summed E-state index contributed by atoms with van der Waals surface area (Å²) < 4.78 is 5.08. The first-order valence-electron chi connectivity index (χ1n) is 11.3. The van der Waals surface area contributed by atoms with Gasteiger partial charge in [-0.1, -0.05) is 65.7 Å². The Bertz CT molecular complexity index is 1430. The summed E-state index contributed by atoms with van der Waals surface area (Å²) in [5.74, 6) is -4.87. The van der Waals surface area contributed by atoms with Crippen molar-refractivity contribution in [2.45, 2.75) is 25.4 Å². The molecule has 174 valence electrons. The van der Waals surface area contributed by atoms with Gasteiger partial charge in [0.15, 0.2) is 17.1 Å². The number of hydrogen-bond donors (Lipinski definition) is 0. The van der Waals surface area contributed by atoms with E-state index in [0.29, 0.717) is 16.3 Å². The van der Waals surface area contributed by atoms with Crippen molar-refractivity contribution in [3.8, 4) is 0 Å². The van der Waals surface area contributed by atoms with Crippen molar-refractivity contribution in [3.05, 3.63) is 99.6 Å². The number of nitrogens with zero attached hydrogens (tertiary/aromatic N) is 1. The number of esters is 2. The van der Waals surface area contributed by atoms with Crippen molar-refractivity contribution >= 4 is 40.8 Å². The van der Waals surface area contributed by atoms with E-state index < -0.39 is 46.9 Å². The van der Waals surface area contributed by atoms with Crippen molar-refractivity contribution in [2.24, 2.45) is 11.8 Å². The van der Waals surface area contributed by atoms with E-state index >= 15 is 0 Å². The Kier molecular flexibility index (Phi) is 4.57. The minimum atomic E-state index is -1.94. The van der Waals surface area contributed by atoms with Crippen LogP contribution in [-0.4, -0.2) is 29.0 Å². The van der Waals surface area contributed by atoms with E-state index in [0.717, 1.165) is 11.1 Å². The number of carbonyl (C=O) groups is 4. The molecular formula is C28H20ClNO5. The van der Waals surface area contributed by atoms with Crippen LogP contribution in [0.4, 0.5) is 5.69 Å². The molecule has 2 aliphatic heterocycles. The van der Waals surface area contributed by atoms with E-state index in [1.54, 1.807) is 47.4 Å². The van der Waals surface area contributed by atoms with Crippen LogP contribution < -0.4 is 4.90 Å². The lowest BCUT2D eigenvalue weighted by Gasteiger charge is -2.40. The molecule has 0 radical (unpaired) electrons. The van der Waals surface area contributed by atoms with Crippen LogP contribution in [0.25, 0.3) is 0 Å². The van der Waals surface area contributed by atoms with Crippen molar-refractivity contribution in [3.63, 3.8) is 0 Å². The molecule has 35 heavy (non-hydrogen) atoms. The lowest BCUT2D eigenvalue weighted by atomic mass is 9.76. The Morgan fingerprint density at radius 3 is 2.06 bits per heavy atom. The van der Waals surface area contributed by atoms with Gasteiger partial charge in [0.1, 0.15) is 5.92 Å². The highest BCUT2D eigenvalue weighted by atomic mass is 35.5. The van der Waals surface area contributed by atoms with E-state index in [-0.39, 0.29) is 11.1 Å². The lowest BCUT2D eigenvalue weighted by Crippen LogP contribution is -2.59. The molecular weight excluding hydrogens is 466 g/mol. The van der Waals surface area contributed by atoms with Crippen LogP contribution in [-0.2, 0) is 14.3 Å². The molecule has 2 heterocycles. The van der Waals surface area contributed by atoms with Gasteiger partial charge in [-0.3, -0.25) is 19.2 Å². The van der Waals surface area contributed by atoms with E-state index in [2.05, 4.69) is 0 Å². The van der Waals surface area contributed by atoms with E-state index in [1.165, 1.54) is 0 Å². The van der Waals surface area contributed by atoms with Gasteiger partial charge in [-0.25, -0.2) is 0 Å². The Hall–Kier alpha value is -3.77. The van der Waals surface area contributed by atoms with Gasteiger partial charge in [0.2, 0.25) is 0 Å². The van der Waals surface area contributed by atoms with Gasteiger partial charge in [-0.15, -0.1) is 0 Å². The van der Waals surface area contributed by atoms with Crippen LogP contribution in [0.15, 0.2) is 66.7 Å². The van der Waals surface area contributed by atoms with Crippen LogP contribution in [0.5, 0.6) is 0 Å². The largest absolute Gasteiger partial charge is 0.393 e. The zero-order valence-electron chi connectivity index (χ0n) is 18.9. The molecule has 0 aromatic heterocycles. The quantitative estimate of drug-likeness (QED) is 0.388. The van der Waals surface area contributed by atoms with Gasteiger partial charge >= 0.3 is 11.9 Å². The summed E-state index contributed by atoms with van der Waals surface area (Å²) >= 11 is 6.30.